The maximum atomic E-state index is 10.8. The van der Waals surface area contributed by atoms with Gasteiger partial charge in [-0.1, -0.05) is 13.8 Å². The summed E-state index contributed by atoms with van der Waals surface area (Å²) in [5, 5.41) is 0. The number of hydrogen-bond acceptors (Lipinski definition) is 2. The maximum absolute atomic E-state index is 10.8. The van der Waals surface area contributed by atoms with Gasteiger partial charge < -0.3 is 4.74 Å². The second kappa shape index (κ2) is 3.65. The van der Waals surface area contributed by atoms with Crippen LogP contribution in [0.4, 0.5) is 0 Å². The Labute approximate surface area is 86.0 Å². The van der Waals surface area contributed by atoms with Gasteiger partial charge in [0.2, 0.25) is 0 Å². The van der Waals surface area contributed by atoms with Crippen molar-refractivity contribution in [1.82, 2.24) is 0 Å². The van der Waals surface area contributed by atoms with Gasteiger partial charge in [-0.25, -0.2) is 0 Å². The summed E-state index contributed by atoms with van der Waals surface area (Å²) >= 11 is 0. The molecule has 0 atom stereocenters. The third kappa shape index (κ3) is 2.35. The molecule has 0 unspecified atom stereocenters. The largest absolute Gasteiger partial charge is 0.374 e. The normalized spacial score (nSPS) is 28.9. The number of hydrogen-bond donors (Lipinski definition) is 0. The van der Waals surface area contributed by atoms with Crippen molar-refractivity contribution in [3.63, 3.8) is 0 Å². The van der Waals surface area contributed by atoms with Crippen molar-refractivity contribution in [3.8, 4) is 0 Å². The first-order chi connectivity index (χ1) is 6.55. The molecule has 0 heterocycles. The molecule has 0 aromatic carbocycles. The van der Waals surface area contributed by atoms with Crippen LogP contribution in [0, 0.1) is 5.41 Å². The van der Waals surface area contributed by atoms with E-state index in [0.717, 1.165) is 0 Å². The van der Waals surface area contributed by atoms with Crippen LogP contribution in [0.1, 0.15) is 52.4 Å². The van der Waals surface area contributed by atoms with Crippen LogP contribution in [0.25, 0.3) is 0 Å². The van der Waals surface area contributed by atoms with E-state index in [-0.39, 0.29) is 6.10 Å². The van der Waals surface area contributed by atoms with E-state index >= 15 is 0 Å². The van der Waals surface area contributed by atoms with E-state index in [0.29, 0.717) is 30.1 Å². The molecule has 0 spiro atoms. The summed E-state index contributed by atoms with van der Waals surface area (Å²) in [6.07, 6.45) is 6.90. The fourth-order valence-electron chi connectivity index (χ4n) is 2.33. The zero-order valence-electron chi connectivity index (χ0n) is 9.21. The molecule has 2 saturated carbocycles. The first-order valence-corrected chi connectivity index (χ1v) is 5.72. The van der Waals surface area contributed by atoms with Crippen LogP contribution in [0.3, 0.4) is 0 Å². The Morgan fingerprint density at radius 3 is 2.21 bits per heavy atom. The number of carbonyl (C=O) groups excluding carboxylic acids is 1. The number of carbonyl (C=O) groups is 1. The Hall–Kier alpha value is -0.370. The lowest BCUT2D eigenvalue weighted by molar-refractivity contribution is -0.141. The van der Waals surface area contributed by atoms with Crippen molar-refractivity contribution in [2.24, 2.45) is 5.41 Å². The highest BCUT2D eigenvalue weighted by Gasteiger charge is 2.33. The molecular formula is C12H20O2. The molecule has 2 rings (SSSR count). The number of ketones is 1. The highest BCUT2D eigenvalue weighted by Crippen LogP contribution is 2.37. The van der Waals surface area contributed by atoms with Crippen LogP contribution in [0.2, 0.25) is 0 Å². The second-order valence-electron chi connectivity index (χ2n) is 5.57. The molecule has 0 aliphatic heterocycles. The van der Waals surface area contributed by atoms with Gasteiger partial charge in [0, 0.05) is 12.8 Å². The summed E-state index contributed by atoms with van der Waals surface area (Å²) in [6, 6.07) is 0. The third-order valence-electron chi connectivity index (χ3n) is 3.58. The summed E-state index contributed by atoms with van der Waals surface area (Å²) in [5.41, 5.74) is 0.509. The smallest absolute Gasteiger partial charge is 0.138 e. The molecule has 0 aromatic heterocycles. The summed E-state index contributed by atoms with van der Waals surface area (Å²) in [4.78, 5) is 10.8. The van der Waals surface area contributed by atoms with Crippen molar-refractivity contribution in [1.29, 1.82) is 0 Å². The van der Waals surface area contributed by atoms with E-state index in [2.05, 4.69) is 13.8 Å². The molecule has 0 aromatic rings. The van der Waals surface area contributed by atoms with E-state index in [1.807, 2.05) is 0 Å². The molecule has 2 aliphatic rings. The number of rotatable bonds is 2. The van der Waals surface area contributed by atoms with Gasteiger partial charge in [-0.2, -0.15) is 0 Å². The molecule has 0 radical (unpaired) electrons. The van der Waals surface area contributed by atoms with E-state index in [1.165, 1.54) is 25.7 Å². The monoisotopic (exact) mass is 196 g/mol. The number of Topliss-reactive ketones (excluding diaryl/α,β-unsaturated/α-hetero) is 1. The standard InChI is InChI=1S/C12H20O2/c1-12(2)5-3-10(4-6-12)14-11-7-9(13)8-11/h10-11H,3-8H2,1-2H3. The van der Waals surface area contributed by atoms with Gasteiger partial charge in [0.25, 0.3) is 0 Å². The summed E-state index contributed by atoms with van der Waals surface area (Å²) in [6.45, 7) is 4.66. The highest BCUT2D eigenvalue weighted by molar-refractivity contribution is 5.85. The van der Waals surface area contributed by atoms with Gasteiger partial charge in [0.1, 0.15) is 5.78 Å². The molecule has 2 fully saturated rings. The highest BCUT2D eigenvalue weighted by atomic mass is 16.5. The Bertz CT molecular complexity index is 214. The molecular weight excluding hydrogens is 176 g/mol. The average Bonchev–Trinajstić information content (AvgIpc) is 2.06. The van der Waals surface area contributed by atoms with Gasteiger partial charge >= 0.3 is 0 Å². The molecule has 0 N–H and O–H groups in total. The van der Waals surface area contributed by atoms with E-state index in [9.17, 15) is 4.79 Å². The van der Waals surface area contributed by atoms with E-state index in [4.69, 9.17) is 4.74 Å². The molecule has 2 heteroatoms. The Kier molecular flexibility index (Phi) is 2.65. The minimum atomic E-state index is 0.258. The predicted octanol–water partition coefficient (Wildman–Crippen LogP) is 2.70. The molecule has 2 aliphatic carbocycles. The lowest BCUT2D eigenvalue weighted by Crippen LogP contribution is -2.37. The topological polar surface area (TPSA) is 26.3 Å². The van der Waals surface area contributed by atoms with E-state index in [1.54, 1.807) is 0 Å². The van der Waals surface area contributed by atoms with Gasteiger partial charge in [-0.15, -0.1) is 0 Å². The lowest BCUT2D eigenvalue weighted by Gasteiger charge is -2.37. The third-order valence-corrected chi connectivity index (χ3v) is 3.58. The summed E-state index contributed by atoms with van der Waals surface area (Å²) < 4.78 is 5.87. The van der Waals surface area contributed by atoms with Crippen LogP contribution >= 0.6 is 0 Å². The van der Waals surface area contributed by atoms with Crippen LogP contribution in [-0.2, 0) is 9.53 Å². The molecule has 0 saturated heterocycles. The first kappa shape index (κ1) is 10.2. The van der Waals surface area contributed by atoms with Crippen molar-refractivity contribution in [3.05, 3.63) is 0 Å². The maximum Gasteiger partial charge on any atom is 0.138 e. The SMILES string of the molecule is CC1(C)CCC(OC2CC(=O)C2)CC1. The van der Waals surface area contributed by atoms with E-state index < -0.39 is 0 Å². The minimum absolute atomic E-state index is 0.258. The molecule has 14 heavy (non-hydrogen) atoms. The molecule has 0 bridgehead atoms. The van der Waals surface area contributed by atoms with Crippen LogP contribution < -0.4 is 0 Å². The zero-order chi connectivity index (χ0) is 10.2. The Morgan fingerprint density at radius 1 is 1.14 bits per heavy atom. The predicted molar refractivity (Wildman–Crippen MR) is 55.2 cm³/mol. The average molecular weight is 196 g/mol. The van der Waals surface area contributed by atoms with Gasteiger partial charge in [-0.3, -0.25) is 4.79 Å². The van der Waals surface area contributed by atoms with Gasteiger partial charge in [0.15, 0.2) is 0 Å². The van der Waals surface area contributed by atoms with Gasteiger partial charge in [-0.05, 0) is 31.1 Å². The Balaban J connectivity index is 1.71. The second-order valence-corrected chi connectivity index (χ2v) is 5.57. The minimum Gasteiger partial charge on any atom is -0.374 e. The molecule has 80 valence electrons. The first-order valence-electron chi connectivity index (χ1n) is 5.72. The summed E-state index contributed by atoms with van der Waals surface area (Å²) in [5.74, 6) is 0.367. The zero-order valence-corrected chi connectivity index (χ0v) is 9.21. The van der Waals surface area contributed by atoms with Crippen molar-refractivity contribution in [2.75, 3.05) is 0 Å². The van der Waals surface area contributed by atoms with Crippen molar-refractivity contribution >= 4 is 5.78 Å². The fraction of sp³-hybridized carbons (Fsp3) is 0.917. The molecule has 2 nitrogen and oxygen atoms in total. The van der Waals surface area contributed by atoms with Gasteiger partial charge in [0.05, 0.1) is 12.2 Å². The molecule has 0 amide bonds. The van der Waals surface area contributed by atoms with Crippen molar-refractivity contribution < 1.29 is 9.53 Å². The van der Waals surface area contributed by atoms with Crippen LogP contribution in [-0.4, -0.2) is 18.0 Å². The quantitative estimate of drug-likeness (QED) is 0.678. The fourth-order valence-corrected chi connectivity index (χ4v) is 2.33. The number of ether oxygens (including phenoxy) is 1. The summed E-state index contributed by atoms with van der Waals surface area (Å²) in [7, 11) is 0. The Morgan fingerprint density at radius 2 is 1.71 bits per heavy atom. The lowest BCUT2D eigenvalue weighted by atomic mass is 9.76. The van der Waals surface area contributed by atoms with Crippen LogP contribution in [0.5, 0.6) is 0 Å². The van der Waals surface area contributed by atoms with Crippen LogP contribution in [0.15, 0.2) is 0 Å². The van der Waals surface area contributed by atoms with Crippen molar-refractivity contribution in [2.45, 2.75) is 64.6 Å².